The number of rotatable bonds is 3. The van der Waals surface area contributed by atoms with Gasteiger partial charge in [0, 0.05) is 0 Å². The van der Waals surface area contributed by atoms with Gasteiger partial charge in [0.25, 0.3) is 0 Å². The summed E-state index contributed by atoms with van der Waals surface area (Å²) in [5, 5.41) is 0. The van der Waals surface area contributed by atoms with Crippen LogP contribution in [0.2, 0.25) is 0 Å². The fourth-order valence-corrected chi connectivity index (χ4v) is 4.02. The molecular formula is C17H13O2Te. The normalized spacial score (nSPS) is 13.4. The molecule has 0 bridgehead atoms. The van der Waals surface area contributed by atoms with Gasteiger partial charge in [-0.2, -0.15) is 0 Å². The summed E-state index contributed by atoms with van der Waals surface area (Å²) in [5.41, 5.74) is 3.01. The van der Waals surface area contributed by atoms with Crippen LogP contribution in [0.3, 0.4) is 0 Å². The minimum atomic E-state index is -0.618. The van der Waals surface area contributed by atoms with Crippen LogP contribution in [0.4, 0.5) is 0 Å². The second-order valence-electron chi connectivity index (χ2n) is 4.54. The van der Waals surface area contributed by atoms with E-state index in [0.717, 1.165) is 16.9 Å². The van der Waals surface area contributed by atoms with Gasteiger partial charge in [0.1, 0.15) is 0 Å². The monoisotopic (exact) mass is 379 g/mol. The van der Waals surface area contributed by atoms with Crippen molar-refractivity contribution < 1.29 is 7.90 Å². The van der Waals surface area contributed by atoms with Crippen molar-refractivity contribution >= 4 is 36.0 Å². The molecule has 3 heteroatoms. The maximum absolute atomic E-state index is 11.3. The SMILES string of the molecule is CC(=O)c1ccc(C2=CC(c3ccccc3)=[Te]O2)cc1. The van der Waals surface area contributed by atoms with Crippen LogP contribution in [0.5, 0.6) is 0 Å². The molecular weight excluding hydrogens is 364 g/mol. The van der Waals surface area contributed by atoms with Gasteiger partial charge in [0.05, 0.1) is 0 Å². The van der Waals surface area contributed by atoms with Crippen LogP contribution in [0.1, 0.15) is 28.4 Å². The summed E-state index contributed by atoms with van der Waals surface area (Å²) in [6.07, 6.45) is 2.13. The molecule has 2 nitrogen and oxygen atoms in total. The summed E-state index contributed by atoms with van der Waals surface area (Å²) in [6, 6.07) is 17.9. The van der Waals surface area contributed by atoms with E-state index in [4.69, 9.17) is 3.10 Å². The quantitative estimate of drug-likeness (QED) is 0.607. The third-order valence-corrected chi connectivity index (χ3v) is 5.39. The molecule has 0 saturated carbocycles. The Balaban J connectivity index is 1.85. The summed E-state index contributed by atoms with van der Waals surface area (Å²) in [6.45, 7) is 1.58. The van der Waals surface area contributed by atoms with E-state index in [9.17, 15) is 4.79 Å². The Bertz CT molecular complexity index is 698. The van der Waals surface area contributed by atoms with Crippen LogP contribution in [-0.2, 0) is 3.10 Å². The summed E-state index contributed by atoms with van der Waals surface area (Å²) < 4.78 is 7.18. The van der Waals surface area contributed by atoms with Gasteiger partial charge in [-0.1, -0.05) is 0 Å². The molecule has 0 atom stereocenters. The Hall–Kier alpha value is -1.69. The van der Waals surface area contributed by atoms with Crippen molar-refractivity contribution in [2.24, 2.45) is 0 Å². The number of allylic oxidation sites excluding steroid dienone is 1. The number of hydrogen-bond acceptors (Lipinski definition) is 2. The van der Waals surface area contributed by atoms with Crippen LogP contribution < -0.4 is 0 Å². The first-order valence-corrected chi connectivity index (χ1v) is 8.45. The Morgan fingerprint density at radius 1 is 0.950 bits per heavy atom. The zero-order valence-electron chi connectivity index (χ0n) is 11.0. The molecule has 3 rings (SSSR count). The third-order valence-electron chi connectivity index (χ3n) is 3.12. The summed E-state index contributed by atoms with van der Waals surface area (Å²) >= 11 is -0.618. The Morgan fingerprint density at radius 3 is 2.30 bits per heavy atom. The molecule has 0 aliphatic carbocycles. The van der Waals surface area contributed by atoms with Crippen molar-refractivity contribution in [2.75, 3.05) is 0 Å². The molecule has 0 amide bonds. The van der Waals surface area contributed by atoms with E-state index >= 15 is 0 Å². The van der Waals surface area contributed by atoms with Crippen LogP contribution in [0.25, 0.3) is 5.76 Å². The van der Waals surface area contributed by atoms with Gasteiger partial charge in [-0.05, 0) is 0 Å². The maximum atomic E-state index is 11.3. The number of carbonyl (C=O) groups excluding carboxylic acids is 1. The number of hydrogen-bond donors (Lipinski definition) is 0. The van der Waals surface area contributed by atoms with Gasteiger partial charge in [-0.15, -0.1) is 0 Å². The second kappa shape index (κ2) is 5.75. The Morgan fingerprint density at radius 2 is 1.65 bits per heavy atom. The molecule has 0 unspecified atom stereocenters. The van der Waals surface area contributed by atoms with Crippen LogP contribution in [0, 0.1) is 0 Å². The predicted molar refractivity (Wildman–Crippen MR) is 81.8 cm³/mol. The van der Waals surface area contributed by atoms with E-state index in [1.54, 1.807) is 6.92 Å². The van der Waals surface area contributed by atoms with Gasteiger partial charge < -0.3 is 0 Å². The van der Waals surface area contributed by atoms with Crippen LogP contribution in [0.15, 0.2) is 60.7 Å². The average Bonchev–Trinajstić information content (AvgIpc) is 2.98. The van der Waals surface area contributed by atoms with Gasteiger partial charge in [-0.25, -0.2) is 0 Å². The minimum absolute atomic E-state index is 0.0863. The molecule has 1 heterocycles. The predicted octanol–water partition coefficient (Wildman–Crippen LogP) is 3.10. The topological polar surface area (TPSA) is 26.3 Å². The first kappa shape index (κ1) is 13.3. The van der Waals surface area contributed by atoms with E-state index in [1.165, 1.54) is 9.11 Å². The second-order valence-corrected chi connectivity index (χ2v) is 6.75. The molecule has 0 fully saturated rings. The fourth-order valence-electron chi connectivity index (χ4n) is 1.99. The molecule has 1 aliphatic rings. The molecule has 1 radical (unpaired) electrons. The van der Waals surface area contributed by atoms with E-state index in [2.05, 4.69) is 18.2 Å². The zero-order chi connectivity index (χ0) is 13.9. The third kappa shape index (κ3) is 2.75. The summed E-state index contributed by atoms with van der Waals surface area (Å²) in [4.78, 5) is 11.3. The number of ketones is 1. The summed E-state index contributed by atoms with van der Waals surface area (Å²) in [7, 11) is 0. The Kier molecular flexibility index (Phi) is 3.82. The molecule has 99 valence electrons. The van der Waals surface area contributed by atoms with E-state index < -0.39 is 20.9 Å². The molecule has 0 spiro atoms. The fraction of sp³-hybridized carbons (Fsp3) is 0.0588. The average molecular weight is 377 g/mol. The first-order chi connectivity index (χ1) is 9.74. The van der Waals surface area contributed by atoms with Crippen molar-refractivity contribution in [3.8, 4) is 0 Å². The first-order valence-electron chi connectivity index (χ1n) is 6.34. The summed E-state index contributed by atoms with van der Waals surface area (Å²) in [5.74, 6) is 1.00. The van der Waals surface area contributed by atoms with Gasteiger partial charge in [-0.3, -0.25) is 0 Å². The molecule has 2 aromatic rings. The molecule has 0 N–H and O–H groups in total. The number of benzene rings is 2. The number of Topliss-reactive ketones (excluding diaryl/α,β-unsaturated/α-hetero) is 1. The van der Waals surface area contributed by atoms with E-state index in [-0.39, 0.29) is 5.78 Å². The molecule has 2 aromatic carbocycles. The van der Waals surface area contributed by atoms with E-state index in [0.29, 0.717) is 0 Å². The van der Waals surface area contributed by atoms with Gasteiger partial charge >= 0.3 is 128 Å². The molecule has 0 aromatic heterocycles. The van der Waals surface area contributed by atoms with Crippen molar-refractivity contribution in [3.05, 3.63) is 77.4 Å². The van der Waals surface area contributed by atoms with Crippen molar-refractivity contribution in [2.45, 2.75) is 6.92 Å². The molecule has 20 heavy (non-hydrogen) atoms. The van der Waals surface area contributed by atoms with Crippen LogP contribution in [-0.4, -0.2) is 30.2 Å². The molecule has 1 aliphatic heterocycles. The van der Waals surface area contributed by atoms with Gasteiger partial charge in [0.2, 0.25) is 0 Å². The molecule has 0 saturated heterocycles. The van der Waals surface area contributed by atoms with Crippen molar-refractivity contribution in [1.29, 1.82) is 0 Å². The zero-order valence-corrected chi connectivity index (χ0v) is 13.3. The Labute approximate surface area is 128 Å². The van der Waals surface area contributed by atoms with Crippen molar-refractivity contribution in [3.63, 3.8) is 0 Å². The van der Waals surface area contributed by atoms with Gasteiger partial charge in [0.15, 0.2) is 0 Å². The van der Waals surface area contributed by atoms with Crippen molar-refractivity contribution in [1.82, 2.24) is 0 Å². The number of carbonyl (C=O) groups is 1. The van der Waals surface area contributed by atoms with E-state index in [1.807, 2.05) is 42.5 Å². The van der Waals surface area contributed by atoms with Crippen LogP contribution >= 0.6 is 0 Å². The standard InChI is InChI=1S/C17H13O2Te/c1-12(18)13-7-9-14(10-8-13)16-11-17(20-19-16)15-5-3-2-4-6-15/h2-11H,1H3.